The molecule has 3 aromatic rings. The normalized spacial score (nSPS) is 13.4. The molecule has 0 saturated carbocycles. The van der Waals surface area contributed by atoms with Crippen molar-refractivity contribution in [2.45, 2.75) is 0 Å². The van der Waals surface area contributed by atoms with E-state index in [2.05, 4.69) is 11.7 Å². The Labute approximate surface area is 156 Å². The van der Waals surface area contributed by atoms with Crippen LogP contribution in [0.2, 0.25) is 0 Å². The smallest absolute Gasteiger partial charge is 0.282 e. The first-order chi connectivity index (χ1) is 13.2. The van der Waals surface area contributed by atoms with Crippen molar-refractivity contribution in [1.29, 1.82) is 0 Å². The Bertz CT molecular complexity index is 1050. The van der Waals surface area contributed by atoms with Gasteiger partial charge in [0.15, 0.2) is 0 Å². The largest absolute Gasteiger partial charge is 0.490 e. The second kappa shape index (κ2) is 6.88. The Morgan fingerprint density at radius 3 is 2.30 bits per heavy atom. The van der Waals surface area contributed by atoms with Crippen LogP contribution in [0.1, 0.15) is 26.3 Å². The van der Waals surface area contributed by atoms with E-state index >= 15 is 0 Å². The Morgan fingerprint density at radius 2 is 1.63 bits per heavy atom. The Kier molecular flexibility index (Phi) is 4.26. The fourth-order valence-electron chi connectivity index (χ4n) is 3.09. The van der Waals surface area contributed by atoms with Crippen LogP contribution >= 0.6 is 0 Å². The Morgan fingerprint density at radius 1 is 0.963 bits per heavy atom. The minimum atomic E-state index is -0.431. The summed E-state index contributed by atoms with van der Waals surface area (Å²) in [7, 11) is 0. The maximum Gasteiger partial charge on any atom is 0.282 e. The van der Waals surface area contributed by atoms with Gasteiger partial charge >= 0.3 is 0 Å². The summed E-state index contributed by atoms with van der Waals surface area (Å²) in [6.07, 6.45) is 3.13. The van der Waals surface area contributed by atoms with Crippen LogP contribution in [0.25, 0.3) is 10.8 Å². The van der Waals surface area contributed by atoms with Gasteiger partial charge in [-0.1, -0.05) is 49.1 Å². The number of hydrogen-bond acceptors (Lipinski definition) is 4. The predicted molar refractivity (Wildman–Crippen MR) is 104 cm³/mol. The van der Waals surface area contributed by atoms with Crippen LogP contribution in [-0.4, -0.2) is 29.6 Å². The molecule has 5 heteroatoms. The zero-order valence-electron chi connectivity index (χ0n) is 14.5. The molecular weight excluding hydrogens is 340 g/mol. The number of nitrogens with zero attached hydrogens (tertiary/aromatic N) is 2. The number of hydrogen-bond donors (Lipinski definition) is 0. The van der Waals surface area contributed by atoms with Gasteiger partial charge in [-0.15, -0.1) is 0 Å². The highest BCUT2D eigenvalue weighted by atomic mass is 16.5. The van der Waals surface area contributed by atoms with Crippen LogP contribution < -0.4 is 4.74 Å². The molecule has 27 heavy (non-hydrogen) atoms. The van der Waals surface area contributed by atoms with Crippen LogP contribution in [0.15, 0.2) is 78.4 Å². The van der Waals surface area contributed by atoms with Crippen molar-refractivity contribution in [3.05, 3.63) is 90.0 Å². The zero-order valence-corrected chi connectivity index (χ0v) is 14.5. The van der Waals surface area contributed by atoms with Crippen LogP contribution in [0.5, 0.6) is 5.75 Å². The van der Waals surface area contributed by atoms with E-state index in [1.807, 2.05) is 30.3 Å². The monoisotopic (exact) mass is 356 g/mol. The third-order valence-corrected chi connectivity index (χ3v) is 4.30. The van der Waals surface area contributed by atoms with Gasteiger partial charge in [0, 0.05) is 5.39 Å². The highest BCUT2D eigenvalue weighted by molar-refractivity contribution is 6.25. The summed E-state index contributed by atoms with van der Waals surface area (Å²) in [4.78, 5) is 25.6. The number of rotatable bonds is 5. The highest BCUT2D eigenvalue weighted by Crippen LogP contribution is 2.30. The molecule has 0 N–H and O–H groups in total. The third-order valence-electron chi connectivity index (χ3n) is 4.30. The summed E-state index contributed by atoms with van der Waals surface area (Å²) >= 11 is 0. The molecule has 0 aliphatic carbocycles. The van der Waals surface area contributed by atoms with Gasteiger partial charge in [0.1, 0.15) is 12.4 Å². The minimum Gasteiger partial charge on any atom is -0.490 e. The second-order valence-electron chi connectivity index (χ2n) is 6.05. The molecule has 3 aromatic carbocycles. The SMILES string of the molecule is C=CCOc1cccc(/C=N\N2C(=O)c3cccc4cccc(c34)C2=O)c1. The van der Waals surface area contributed by atoms with Crippen molar-refractivity contribution in [2.24, 2.45) is 5.10 Å². The molecule has 0 saturated heterocycles. The van der Waals surface area contributed by atoms with E-state index < -0.39 is 11.8 Å². The molecule has 1 heterocycles. The molecule has 0 unspecified atom stereocenters. The lowest BCUT2D eigenvalue weighted by Gasteiger charge is -2.23. The summed E-state index contributed by atoms with van der Waals surface area (Å²) in [5.74, 6) is -0.204. The topological polar surface area (TPSA) is 59.0 Å². The molecular formula is C22H16N2O3. The molecule has 0 radical (unpaired) electrons. The molecule has 1 aliphatic heterocycles. The number of hydrazone groups is 1. The van der Waals surface area contributed by atoms with E-state index in [4.69, 9.17) is 4.74 Å². The second-order valence-corrected chi connectivity index (χ2v) is 6.05. The van der Waals surface area contributed by atoms with E-state index in [1.54, 1.807) is 36.4 Å². The lowest BCUT2D eigenvalue weighted by Crippen LogP contribution is -2.36. The van der Waals surface area contributed by atoms with Gasteiger partial charge in [-0.3, -0.25) is 9.59 Å². The highest BCUT2D eigenvalue weighted by Gasteiger charge is 2.32. The minimum absolute atomic E-state index is 0.393. The van der Waals surface area contributed by atoms with E-state index in [-0.39, 0.29) is 0 Å². The fraction of sp³-hybridized carbons (Fsp3) is 0.0455. The maximum absolute atomic E-state index is 12.8. The van der Waals surface area contributed by atoms with Crippen LogP contribution in [0.3, 0.4) is 0 Å². The Balaban J connectivity index is 1.68. The van der Waals surface area contributed by atoms with Gasteiger partial charge in [-0.05, 0) is 35.2 Å². The van der Waals surface area contributed by atoms with Crippen LogP contribution in [0.4, 0.5) is 0 Å². The van der Waals surface area contributed by atoms with E-state index in [9.17, 15) is 9.59 Å². The summed E-state index contributed by atoms with van der Waals surface area (Å²) in [6, 6.07) is 18.0. The molecule has 2 amide bonds. The number of benzene rings is 3. The van der Waals surface area contributed by atoms with Crippen LogP contribution in [-0.2, 0) is 0 Å². The van der Waals surface area contributed by atoms with Gasteiger partial charge < -0.3 is 4.74 Å². The van der Waals surface area contributed by atoms with Gasteiger partial charge in [-0.2, -0.15) is 10.1 Å². The Hall–Kier alpha value is -3.73. The van der Waals surface area contributed by atoms with E-state index in [1.165, 1.54) is 6.21 Å². The fourth-order valence-corrected chi connectivity index (χ4v) is 3.09. The van der Waals surface area contributed by atoms with E-state index in [0.29, 0.717) is 34.4 Å². The number of ether oxygens (including phenoxy) is 1. The molecule has 5 nitrogen and oxygen atoms in total. The van der Waals surface area contributed by atoms with Gasteiger partial charge in [0.25, 0.3) is 11.8 Å². The maximum atomic E-state index is 12.8. The first-order valence-corrected chi connectivity index (χ1v) is 8.47. The first-order valence-electron chi connectivity index (χ1n) is 8.47. The summed E-state index contributed by atoms with van der Waals surface area (Å²) in [5, 5.41) is 6.61. The molecule has 0 atom stereocenters. The number of imide groups is 1. The zero-order chi connectivity index (χ0) is 18.8. The molecule has 0 aromatic heterocycles. The van der Waals surface area contributed by atoms with Crippen molar-refractivity contribution in [2.75, 3.05) is 6.61 Å². The number of amides is 2. The lowest BCUT2D eigenvalue weighted by atomic mass is 9.95. The standard InChI is InChI=1S/C22H16N2O3/c1-2-12-27-17-9-3-6-15(13-17)14-23-24-21(25)18-10-4-7-16-8-5-11-19(20(16)18)22(24)26/h2-11,13-14H,1,12H2/b23-14-. The average Bonchev–Trinajstić information content (AvgIpc) is 2.70. The summed E-state index contributed by atoms with van der Waals surface area (Å²) in [6.45, 7) is 4.01. The molecule has 132 valence electrons. The van der Waals surface area contributed by atoms with Gasteiger partial charge in [-0.25, -0.2) is 0 Å². The van der Waals surface area contributed by atoms with E-state index in [0.717, 1.165) is 10.4 Å². The van der Waals surface area contributed by atoms with Crippen molar-refractivity contribution in [3.63, 3.8) is 0 Å². The quantitative estimate of drug-likeness (QED) is 0.394. The lowest BCUT2D eigenvalue weighted by molar-refractivity contribution is 0.0616. The van der Waals surface area contributed by atoms with Crippen molar-refractivity contribution >= 4 is 28.8 Å². The van der Waals surface area contributed by atoms with Crippen molar-refractivity contribution < 1.29 is 14.3 Å². The summed E-state index contributed by atoms with van der Waals surface area (Å²) < 4.78 is 5.49. The number of carbonyl (C=O) groups excluding carboxylic acids is 2. The summed E-state index contributed by atoms with van der Waals surface area (Å²) in [5.41, 5.74) is 1.67. The molecule has 0 fully saturated rings. The molecule has 1 aliphatic rings. The average molecular weight is 356 g/mol. The third kappa shape index (κ3) is 3.00. The van der Waals surface area contributed by atoms with Crippen molar-refractivity contribution in [3.8, 4) is 5.75 Å². The van der Waals surface area contributed by atoms with Crippen LogP contribution in [0, 0.1) is 0 Å². The number of carbonyl (C=O) groups is 2. The molecule has 0 spiro atoms. The predicted octanol–water partition coefficient (Wildman–Crippen LogP) is 4.03. The molecule has 4 rings (SSSR count). The molecule has 0 bridgehead atoms. The van der Waals surface area contributed by atoms with Gasteiger partial charge in [0.05, 0.1) is 17.3 Å². The van der Waals surface area contributed by atoms with Gasteiger partial charge in [0.2, 0.25) is 0 Å². The van der Waals surface area contributed by atoms with Crippen molar-refractivity contribution in [1.82, 2.24) is 5.01 Å². The first kappa shape index (κ1) is 16.7.